The molecule has 0 aliphatic rings. The number of carbonyl (C=O) groups is 2. The number of hydrogen-bond acceptors (Lipinski definition) is 4. The molecule has 2 aromatic rings. The zero-order valence-corrected chi connectivity index (χ0v) is 17.8. The van der Waals surface area contributed by atoms with Gasteiger partial charge < -0.3 is 10.1 Å². The smallest absolute Gasteiger partial charge is 0.240 e. The van der Waals surface area contributed by atoms with Gasteiger partial charge >= 0.3 is 0 Å². The van der Waals surface area contributed by atoms with E-state index in [9.17, 15) is 9.59 Å². The monoisotopic (exact) mass is 445 g/mol. The third-order valence-corrected chi connectivity index (χ3v) is 4.62. The second-order valence-corrected chi connectivity index (χ2v) is 7.12. The Morgan fingerprint density at radius 1 is 1.14 bits per heavy atom. The molecule has 2 amide bonds. The van der Waals surface area contributed by atoms with Crippen molar-refractivity contribution < 1.29 is 14.3 Å². The number of ether oxygens (including phenoxy) is 1. The molecule has 148 valence electrons. The van der Waals surface area contributed by atoms with Gasteiger partial charge in [-0.15, -0.1) is 0 Å². The fourth-order valence-corrected chi connectivity index (χ4v) is 2.84. The Labute approximate surface area is 173 Å². The summed E-state index contributed by atoms with van der Waals surface area (Å²) in [5.74, 6) is 0.135. The summed E-state index contributed by atoms with van der Waals surface area (Å²) < 4.78 is 6.41. The van der Waals surface area contributed by atoms with Gasteiger partial charge in [0, 0.05) is 28.6 Å². The summed E-state index contributed by atoms with van der Waals surface area (Å²) in [5, 5.41) is 6.79. The van der Waals surface area contributed by atoms with E-state index in [1.54, 1.807) is 0 Å². The van der Waals surface area contributed by atoms with Crippen LogP contribution in [0.2, 0.25) is 0 Å². The largest absolute Gasteiger partial charge is 0.493 e. The van der Waals surface area contributed by atoms with E-state index in [0.717, 1.165) is 26.9 Å². The first-order valence-corrected chi connectivity index (χ1v) is 9.80. The highest BCUT2D eigenvalue weighted by Crippen LogP contribution is 2.21. The van der Waals surface area contributed by atoms with Crippen LogP contribution in [0, 0.1) is 13.8 Å². The Bertz CT molecular complexity index is 881. The van der Waals surface area contributed by atoms with Gasteiger partial charge in [0.2, 0.25) is 11.8 Å². The molecule has 28 heavy (non-hydrogen) atoms. The van der Waals surface area contributed by atoms with Crippen LogP contribution in [0.5, 0.6) is 5.75 Å². The number of benzene rings is 2. The molecule has 0 atom stereocenters. The van der Waals surface area contributed by atoms with Crippen molar-refractivity contribution in [3.63, 3.8) is 0 Å². The van der Waals surface area contributed by atoms with E-state index in [1.807, 2.05) is 57.2 Å². The number of rotatable bonds is 8. The predicted octanol–water partition coefficient (Wildman–Crippen LogP) is 4.33. The first-order chi connectivity index (χ1) is 13.4. The molecule has 0 aliphatic heterocycles. The molecule has 2 N–H and O–H groups in total. The first-order valence-electron chi connectivity index (χ1n) is 9.01. The highest BCUT2D eigenvalue weighted by atomic mass is 79.9. The molecule has 0 aromatic heterocycles. The van der Waals surface area contributed by atoms with Gasteiger partial charge in [-0.25, -0.2) is 5.43 Å². The summed E-state index contributed by atoms with van der Waals surface area (Å²) in [4.78, 5) is 24.0. The summed E-state index contributed by atoms with van der Waals surface area (Å²) in [7, 11) is 0. The van der Waals surface area contributed by atoms with E-state index in [4.69, 9.17) is 4.74 Å². The molecule has 0 radical (unpaired) electrons. The molecule has 7 heteroatoms. The van der Waals surface area contributed by atoms with E-state index in [0.29, 0.717) is 12.4 Å². The minimum Gasteiger partial charge on any atom is -0.493 e. The molecule has 2 rings (SSSR count). The third-order valence-electron chi connectivity index (χ3n) is 4.12. The minimum atomic E-state index is -0.333. The molecular weight excluding hydrogens is 422 g/mol. The van der Waals surface area contributed by atoms with E-state index in [-0.39, 0.29) is 24.7 Å². The van der Waals surface area contributed by atoms with Crippen molar-refractivity contribution >= 4 is 39.6 Å². The van der Waals surface area contributed by atoms with Crippen molar-refractivity contribution in [2.75, 3.05) is 11.9 Å². The Hall–Kier alpha value is -2.67. The van der Waals surface area contributed by atoms with Crippen LogP contribution in [-0.4, -0.2) is 24.6 Å². The molecule has 6 nitrogen and oxygen atoms in total. The van der Waals surface area contributed by atoms with Gasteiger partial charge in [0.15, 0.2) is 0 Å². The normalized spacial score (nSPS) is 10.7. The molecule has 2 aromatic carbocycles. The Balaban J connectivity index is 1.84. The first kappa shape index (κ1) is 21.6. The average molecular weight is 446 g/mol. The quantitative estimate of drug-likeness (QED) is 0.468. The van der Waals surface area contributed by atoms with Crippen molar-refractivity contribution in [1.82, 2.24) is 5.43 Å². The topological polar surface area (TPSA) is 79.8 Å². The highest BCUT2D eigenvalue weighted by Gasteiger charge is 2.09. The molecule has 0 spiro atoms. The lowest BCUT2D eigenvalue weighted by Crippen LogP contribution is -2.21. The van der Waals surface area contributed by atoms with E-state index >= 15 is 0 Å². The lowest BCUT2D eigenvalue weighted by molar-refractivity contribution is -0.124. The lowest BCUT2D eigenvalue weighted by atomic mass is 10.1. The zero-order valence-electron chi connectivity index (χ0n) is 16.2. The molecule has 0 unspecified atom stereocenters. The Morgan fingerprint density at radius 2 is 1.89 bits per heavy atom. The van der Waals surface area contributed by atoms with E-state index in [1.165, 1.54) is 6.21 Å². The minimum absolute atomic E-state index is 0.0465. The number of nitrogens with zero attached hydrogens (tertiary/aromatic N) is 1. The molecule has 0 heterocycles. The van der Waals surface area contributed by atoms with E-state index < -0.39 is 0 Å². The SMILES string of the molecule is CCOc1ccc(Br)cc1C=NNC(=O)CCC(=O)Nc1cccc(C)c1C. The van der Waals surface area contributed by atoms with Gasteiger partial charge in [0.25, 0.3) is 0 Å². The summed E-state index contributed by atoms with van der Waals surface area (Å²) in [6.45, 7) is 6.36. The molecule has 0 saturated heterocycles. The average Bonchev–Trinajstić information content (AvgIpc) is 2.66. The molecule has 0 fully saturated rings. The summed E-state index contributed by atoms with van der Waals surface area (Å²) in [6.07, 6.45) is 1.64. The maximum Gasteiger partial charge on any atom is 0.240 e. The summed E-state index contributed by atoms with van der Waals surface area (Å²) in [5.41, 5.74) is 6.06. The zero-order chi connectivity index (χ0) is 20.5. The van der Waals surface area contributed by atoms with E-state index in [2.05, 4.69) is 31.8 Å². The number of halogens is 1. The predicted molar refractivity (Wildman–Crippen MR) is 115 cm³/mol. The Morgan fingerprint density at radius 3 is 2.64 bits per heavy atom. The number of aryl methyl sites for hydroxylation is 1. The fraction of sp³-hybridized carbons (Fsp3) is 0.286. The standard InChI is InChI=1S/C21H24BrN3O3/c1-4-28-19-9-8-17(22)12-16(19)13-23-25-21(27)11-10-20(26)24-18-7-5-6-14(2)15(18)3/h5-9,12-13H,4,10-11H2,1-3H3,(H,24,26)(H,25,27). The number of amides is 2. The van der Waals surface area contributed by atoms with Crippen molar-refractivity contribution in [2.24, 2.45) is 5.10 Å². The summed E-state index contributed by atoms with van der Waals surface area (Å²) in [6, 6.07) is 11.3. The van der Waals surface area contributed by atoms with Crippen molar-refractivity contribution in [3.8, 4) is 5.75 Å². The van der Waals surface area contributed by atoms with Crippen molar-refractivity contribution in [3.05, 3.63) is 57.6 Å². The second-order valence-electron chi connectivity index (χ2n) is 6.20. The second kappa shape index (κ2) is 10.6. The van der Waals surface area contributed by atoms with Crippen molar-refractivity contribution in [1.29, 1.82) is 0 Å². The van der Waals surface area contributed by atoms with Crippen LogP contribution < -0.4 is 15.5 Å². The molecule has 0 bridgehead atoms. The fourth-order valence-electron chi connectivity index (χ4n) is 2.46. The third kappa shape index (κ3) is 6.49. The van der Waals surface area contributed by atoms with Crippen LogP contribution in [0.3, 0.4) is 0 Å². The highest BCUT2D eigenvalue weighted by molar-refractivity contribution is 9.10. The molecule has 0 saturated carbocycles. The van der Waals surface area contributed by atoms with Crippen LogP contribution >= 0.6 is 15.9 Å². The van der Waals surface area contributed by atoms with Crippen LogP contribution in [0.4, 0.5) is 5.69 Å². The molecular formula is C21H24BrN3O3. The summed E-state index contributed by atoms with van der Waals surface area (Å²) >= 11 is 3.40. The van der Waals surface area contributed by atoms with Crippen LogP contribution in [0.25, 0.3) is 0 Å². The number of carbonyl (C=O) groups excluding carboxylic acids is 2. The maximum atomic E-state index is 12.1. The number of hydrogen-bond donors (Lipinski definition) is 2. The lowest BCUT2D eigenvalue weighted by Gasteiger charge is -2.10. The van der Waals surface area contributed by atoms with Gasteiger partial charge in [-0.2, -0.15) is 5.10 Å². The van der Waals surface area contributed by atoms with Gasteiger partial charge in [-0.05, 0) is 56.2 Å². The van der Waals surface area contributed by atoms with Crippen LogP contribution in [0.15, 0.2) is 46.0 Å². The van der Waals surface area contributed by atoms with Gasteiger partial charge in [0.05, 0.1) is 12.8 Å². The number of hydrazone groups is 1. The van der Waals surface area contributed by atoms with Crippen LogP contribution in [0.1, 0.15) is 36.5 Å². The van der Waals surface area contributed by atoms with Crippen LogP contribution in [-0.2, 0) is 9.59 Å². The van der Waals surface area contributed by atoms with Gasteiger partial charge in [-0.1, -0.05) is 28.1 Å². The number of nitrogens with one attached hydrogen (secondary N) is 2. The maximum absolute atomic E-state index is 12.1. The van der Waals surface area contributed by atoms with Gasteiger partial charge in [-0.3, -0.25) is 9.59 Å². The Kier molecular flexibility index (Phi) is 8.19. The van der Waals surface area contributed by atoms with Gasteiger partial charge in [0.1, 0.15) is 5.75 Å². The van der Waals surface area contributed by atoms with Crippen molar-refractivity contribution in [2.45, 2.75) is 33.6 Å². The molecule has 0 aliphatic carbocycles. The number of anilines is 1.